The first-order valence-electron chi connectivity index (χ1n) is 6.89. The Hall–Kier alpha value is -2.79. The van der Waals surface area contributed by atoms with Gasteiger partial charge in [-0.2, -0.15) is 5.26 Å². The van der Waals surface area contributed by atoms with Gasteiger partial charge in [-0.05, 0) is 17.5 Å². The number of aliphatic hydroxyl groups is 1. The maximum absolute atomic E-state index is 12.1. The van der Waals surface area contributed by atoms with E-state index in [0.29, 0.717) is 0 Å². The van der Waals surface area contributed by atoms with E-state index in [-0.39, 0.29) is 28.5 Å². The third-order valence-corrected chi connectivity index (χ3v) is 3.93. The number of hydrogen-bond acceptors (Lipinski definition) is 7. The Morgan fingerprint density at radius 1 is 1.46 bits per heavy atom. The second-order valence-electron chi connectivity index (χ2n) is 5.97. The van der Waals surface area contributed by atoms with E-state index in [0.717, 1.165) is 6.07 Å². The van der Waals surface area contributed by atoms with E-state index >= 15 is 0 Å². The number of Topliss-reactive ketones (excluding diaryl/α,β-unsaturated/α-hetero) is 1. The predicted molar refractivity (Wildman–Crippen MR) is 84.8 cm³/mol. The summed E-state index contributed by atoms with van der Waals surface area (Å²) in [5.41, 5.74) is -1.59. The van der Waals surface area contributed by atoms with Crippen LogP contribution in [-0.2, 0) is 4.79 Å². The Bertz CT molecular complexity index is 823. The molecule has 8 nitrogen and oxygen atoms in total. The van der Waals surface area contributed by atoms with Crippen molar-refractivity contribution in [1.82, 2.24) is 0 Å². The lowest BCUT2D eigenvalue weighted by molar-refractivity contribution is -0.384. The minimum Gasteiger partial charge on any atom is -0.508 e. The molecule has 0 aliphatic heterocycles. The fourth-order valence-corrected chi connectivity index (χ4v) is 2.59. The van der Waals surface area contributed by atoms with Crippen LogP contribution in [0.3, 0.4) is 0 Å². The molecule has 24 heavy (non-hydrogen) atoms. The Labute approximate surface area is 142 Å². The zero-order valence-electron chi connectivity index (χ0n) is 12.9. The van der Waals surface area contributed by atoms with Gasteiger partial charge in [0, 0.05) is 17.5 Å². The number of nitrogens with zero attached hydrogens (tertiary/aromatic N) is 4. The molecule has 1 unspecified atom stereocenters. The summed E-state index contributed by atoms with van der Waals surface area (Å²) in [6.07, 6.45) is 0.00630. The first kappa shape index (κ1) is 17.6. The monoisotopic (exact) mass is 348 g/mol. The van der Waals surface area contributed by atoms with Crippen LogP contribution < -0.4 is 0 Å². The minimum atomic E-state index is -0.913. The lowest BCUT2D eigenvalue weighted by atomic mass is 9.70. The Kier molecular flexibility index (Phi) is 4.66. The van der Waals surface area contributed by atoms with E-state index in [9.17, 15) is 25.3 Å². The molecule has 9 heteroatoms. The van der Waals surface area contributed by atoms with Gasteiger partial charge in [-0.3, -0.25) is 14.9 Å². The van der Waals surface area contributed by atoms with Crippen LogP contribution in [0.15, 0.2) is 39.9 Å². The zero-order chi connectivity index (χ0) is 18.1. The molecule has 1 aromatic rings. The van der Waals surface area contributed by atoms with E-state index < -0.39 is 27.8 Å². The molecule has 0 fully saturated rings. The highest BCUT2D eigenvalue weighted by molar-refractivity contribution is 6.30. The van der Waals surface area contributed by atoms with E-state index in [1.165, 1.54) is 12.1 Å². The molecule has 0 heterocycles. The number of nitro groups is 1. The van der Waals surface area contributed by atoms with Crippen molar-refractivity contribution in [3.8, 4) is 6.07 Å². The molecule has 2 rings (SSSR count). The van der Waals surface area contributed by atoms with Crippen molar-refractivity contribution in [3.05, 3.63) is 44.8 Å². The molecule has 0 saturated carbocycles. The van der Waals surface area contributed by atoms with Gasteiger partial charge in [0.25, 0.3) is 5.69 Å². The summed E-state index contributed by atoms with van der Waals surface area (Å²) in [6.45, 7) is 3.37. The number of allylic oxidation sites excluding steroid dienone is 2. The summed E-state index contributed by atoms with van der Waals surface area (Å²) >= 11 is 5.71. The number of aliphatic hydroxyl groups excluding tert-OH is 1. The van der Waals surface area contributed by atoms with Gasteiger partial charge < -0.3 is 5.11 Å². The molecule has 1 aliphatic carbocycles. The highest BCUT2D eigenvalue weighted by Gasteiger charge is 2.42. The number of azo groups is 1. The van der Waals surface area contributed by atoms with Crippen LogP contribution in [0.4, 0.5) is 11.4 Å². The van der Waals surface area contributed by atoms with Crippen LogP contribution >= 0.6 is 11.6 Å². The first-order chi connectivity index (χ1) is 11.2. The van der Waals surface area contributed by atoms with Gasteiger partial charge in [0.05, 0.1) is 11.0 Å². The fraction of sp³-hybridized carbons (Fsp3) is 0.333. The molecule has 0 bridgehead atoms. The van der Waals surface area contributed by atoms with Gasteiger partial charge in [-0.15, -0.1) is 10.2 Å². The largest absolute Gasteiger partial charge is 0.508 e. The van der Waals surface area contributed by atoms with Crippen molar-refractivity contribution in [1.29, 1.82) is 5.26 Å². The van der Waals surface area contributed by atoms with Gasteiger partial charge in [-0.1, -0.05) is 25.4 Å². The predicted octanol–water partition coefficient (Wildman–Crippen LogP) is 4.24. The standard InChI is InChI=1S/C15H13ClN4O4/c1-15(2)6-12(21)13(14(22)9(15)7-17)19-18-10-4-3-8(16)5-11(10)20(23)24/h3-5,9,22H,6H2,1-2H3/b19-18+. The highest BCUT2D eigenvalue weighted by atomic mass is 35.5. The number of carbonyl (C=O) groups excluding carboxylic acids is 1. The fourth-order valence-electron chi connectivity index (χ4n) is 2.42. The Morgan fingerprint density at radius 3 is 2.71 bits per heavy atom. The first-order valence-corrected chi connectivity index (χ1v) is 7.27. The number of rotatable bonds is 3. The van der Waals surface area contributed by atoms with Crippen LogP contribution in [0.25, 0.3) is 0 Å². The van der Waals surface area contributed by atoms with E-state index in [1.807, 2.05) is 6.07 Å². The van der Waals surface area contributed by atoms with E-state index in [4.69, 9.17) is 11.6 Å². The molecule has 1 N–H and O–H groups in total. The molecule has 124 valence electrons. The number of hydrogen-bond donors (Lipinski definition) is 1. The van der Waals surface area contributed by atoms with Crippen molar-refractivity contribution in [3.63, 3.8) is 0 Å². The molecule has 0 amide bonds. The number of nitriles is 1. The molecular formula is C15H13ClN4O4. The smallest absolute Gasteiger partial charge is 0.298 e. The molecule has 0 radical (unpaired) electrons. The highest BCUT2D eigenvalue weighted by Crippen LogP contribution is 2.41. The van der Waals surface area contributed by atoms with Crippen molar-refractivity contribution >= 4 is 28.8 Å². The number of halogens is 1. The van der Waals surface area contributed by atoms with Crippen LogP contribution in [0.1, 0.15) is 20.3 Å². The maximum atomic E-state index is 12.1. The quantitative estimate of drug-likeness (QED) is 0.496. The summed E-state index contributed by atoms with van der Waals surface area (Å²) in [4.78, 5) is 22.5. The number of carbonyl (C=O) groups is 1. The van der Waals surface area contributed by atoms with Crippen LogP contribution in [0, 0.1) is 32.8 Å². The van der Waals surface area contributed by atoms with Crippen molar-refractivity contribution in [2.45, 2.75) is 20.3 Å². The summed E-state index contributed by atoms with van der Waals surface area (Å²) < 4.78 is 0. The molecule has 0 aromatic heterocycles. The topological polar surface area (TPSA) is 129 Å². The average Bonchev–Trinajstić information content (AvgIpc) is 2.47. The van der Waals surface area contributed by atoms with Crippen molar-refractivity contribution < 1.29 is 14.8 Å². The van der Waals surface area contributed by atoms with E-state index in [2.05, 4.69) is 10.2 Å². The third-order valence-electron chi connectivity index (χ3n) is 3.70. The maximum Gasteiger partial charge on any atom is 0.298 e. The molecule has 0 spiro atoms. The number of nitro benzene ring substituents is 1. The van der Waals surface area contributed by atoms with Gasteiger partial charge >= 0.3 is 0 Å². The third kappa shape index (κ3) is 3.26. The summed E-state index contributed by atoms with van der Waals surface area (Å²) in [5, 5.41) is 37.9. The number of benzene rings is 1. The average molecular weight is 349 g/mol. The molecule has 1 aromatic carbocycles. The summed E-state index contributed by atoms with van der Waals surface area (Å²) in [5.74, 6) is -1.87. The number of ketones is 1. The Morgan fingerprint density at radius 2 is 2.12 bits per heavy atom. The van der Waals surface area contributed by atoms with Crippen LogP contribution in [0.5, 0.6) is 0 Å². The van der Waals surface area contributed by atoms with Gasteiger partial charge in [0.1, 0.15) is 11.7 Å². The van der Waals surface area contributed by atoms with E-state index in [1.54, 1.807) is 13.8 Å². The van der Waals surface area contributed by atoms with Crippen LogP contribution in [-0.4, -0.2) is 15.8 Å². The van der Waals surface area contributed by atoms with Crippen LogP contribution in [0.2, 0.25) is 5.02 Å². The molecule has 0 saturated heterocycles. The van der Waals surface area contributed by atoms with Gasteiger partial charge in [0.15, 0.2) is 17.2 Å². The normalized spacial score (nSPS) is 20.2. The second kappa shape index (κ2) is 6.37. The van der Waals surface area contributed by atoms with Crippen molar-refractivity contribution in [2.24, 2.45) is 21.6 Å². The molecule has 1 aliphatic rings. The van der Waals surface area contributed by atoms with Crippen molar-refractivity contribution in [2.75, 3.05) is 0 Å². The molecular weight excluding hydrogens is 336 g/mol. The molecule has 1 atom stereocenters. The summed E-state index contributed by atoms with van der Waals surface area (Å²) in [7, 11) is 0. The second-order valence-corrected chi connectivity index (χ2v) is 6.41. The van der Waals surface area contributed by atoms with Gasteiger partial charge in [-0.25, -0.2) is 0 Å². The zero-order valence-corrected chi connectivity index (χ0v) is 13.6. The summed E-state index contributed by atoms with van der Waals surface area (Å²) in [6, 6.07) is 5.72. The van der Waals surface area contributed by atoms with Gasteiger partial charge in [0.2, 0.25) is 0 Å². The SMILES string of the molecule is CC1(C)CC(=O)C(/N=N/c2ccc(Cl)cc2[N+](=O)[O-])=C(O)C1C#N. The Balaban J connectivity index is 2.47. The lowest BCUT2D eigenvalue weighted by Crippen LogP contribution is -2.33. The lowest BCUT2D eigenvalue weighted by Gasteiger charge is -2.32. The minimum absolute atomic E-state index is 0.00630.